The summed E-state index contributed by atoms with van der Waals surface area (Å²) in [5.74, 6) is 0. The molecule has 0 rings (SSSR count). The van der Waals surface area contributed by atoms with Crippen LogP contribution in [0.3, 0.4) is 0 Å². The number of aliphatic hydroxyl groups excluding tert-OH is 1. The lowest BCUT2D eigenvalue weighted by molar-refractivity contribution is 0.272. The van der Waals surface area contributed by atoms with Crippen molar-refractivity contribution in [2.24, 2.45) is 5.73 Å². The molecule has 0 aliphatic heterocycles. The van der Waals surface area contributed by atoms with Gasteiger partial charge in [-0.3, -0.25) is 0 Å². The Morgan fingerprint density at radius 2 is 1.88 bits per heavy atom. The number of rotatable bonds is 11. The largest absolute Gasteiger partial charge is 0.396 e. The predicted octanol–water partition coefficient (Wildman–Crippen LogP) is 2.03. The molecule has 0 radical (unpaired) electrons. The van der Waals surface area contributed by atoms with Crippen LogP contribution in [0.2, 0.25) is 0 Å². The first-order chi connectivity index (χ1) is 7.74. The van der Waals surface area contributed by atoms with E-state index in [0.29, 0.717) is 12.1 Å². The molecule has 2 atom stereocenters. The van der Waals surface area contributed by atoms with Gasteiger partial charge in [0.1, 0.15) is 0 Å². The minimum absolute atomic E-state index is 0.288. The van der Waals surface area contributed by atoms with Gasteiger partial charge in [0.05, 0.1) is 0 Å². The molecule has 0 aromatic rings. The molecule has 4 N–H and O–H groups in total. The third-order valence-electron chi connectivity index (χ3n) is 3.01. The van der Waals surface area contributed by atoms with Gasteiger partial charge >= 0.3 is 0 Å². The number of hydrogen-bond acceptors (Lipinski definition) is 3. The van der Waals surface area contributed by atoms with E-state index in [0.717, 1.165) is 19.4 Å². The van der Waals surface area contributed by atoms with Gasteiger partial charge in [-0.25, -0.2) is 0 Å². The molecule has 3 heteroatoms. The Labute approximate surface area is 101 Å². The molecule has 0 heterocycles. The minimum Gasteiger partial charge on any atom is -0.396 e. The maximum absolute atomic E-state index is 8.75. The summed E-state index contributed by atoms with van der Waals surface area (Å²) < 4.78 is 0. The Hall–Kier alpha value is -0.120. The van der Waals surface area contributed by atoms with Crippen molar-refractivity contribution in [2.75, 3.05) is 13.2 Å². The zero-order valence-electron chi connectivity index (χ0n) is 11.0. The quantitative estimate of drug-likeness (QED) is 0.476. The first-order valence-corrected chi connectivity index (χ1v) is 6.81. The van der Waals surface area contributed by atoms with Gasteiger partial charge in [0, 0.05) is 25.2 Å². The van der Waals surface area contributed by atoms with Crippen LogP contribution in [0.15, 0.2) is 0 Å². The van der Waals surface area contributed by atoms with Crippen LogP contribution in [-0.2, 0) is 0 Å². The molecule has 0 amide bonds. The highest BCUT2D eigenvalue weighted by atomic mass is 16.2. The summed E-state index contributed by atoms with van der Waals surface area (Å²) in [5, 5.41) is 12.3. The first kappa shape index (κ1) is 15.9. The summed E-state index contributed by atoms with van der Waals surface area (Å²) >= 11 is 0. The smallest absolute Gasteiger partial charge is 0.0431 e. The minimum atomic E-state index is 0.288. The molecule has 0 saturated carbocycles. The Kier molecular flexibility index (Phi) is 11.3. The molecule has 0 aliphatic carbocycles. The lowest BCUT2D eigenvalue weighted by Crippen LogP contribution is -2.41. The molecule has 0 spiro atoms. The van der Waals surface area contributed by atoms with Crippen molar-refractivity contribution in [1.82, 2.24) is 5.32 Å². The second-order valence-corrected chi connectivity index (χ2v) is 4.72. The van der Waals surface area contributed by atoms with Crippen molar-refractivity contribution in [3.05, 3.63) is 0 Å². The number of nitrogens with two attached hydrogens (primary N) is 1. The van der Waals surface area contributed by atoms with Gasteiger partial charge in [-0.05, 0) is 26.2 Å². The molecule has 0 saturated heterocycles. The zero-order valence-corrected chi connectivity index (χ0v) is 11.0. The molecule has 0 bridgehead atoms. The lowest BCUT2D eigenvalue weighted by atomic mass is 10.1. The predicted molar refractivity (Wildman–Crippen MR) is 70.5 cm³/mol. The number of unbranched alkanes of at least 4 members (excludes halogenated alkanes) is 3. The maximum atomic E-state index is 8.75. The highest BCUT2D eigenvalue weighted by molar-refractivity contribution is 4.72. The average molecular weight is 230 g/mol. The Morgan fingerprint density at radius 3 is 2.44 bits per heavy atom. The van der Waals surface area contributed by atoms with Gasteiger partial charge in [0.25, 0.3) is 0 Å². The van der Waals surface area contributed by atoms with Gasteiger partial charge in [0.15, 0.2) is 0 Å². The molecule has 3 nitrogen and oxygen atoms in total. The fraction of sp³-hybridized carbons (Fsp3) is 1.00. The van der Waals surface area contributed by atoms with Crippen molar-refractivity contribution in [1.29, 1.82) is 0 Å². The van der Waals surface area contributed by atoms with E-state index < -0.39 is 0 Å². The van der Waals surface area contributed by atoms with E-state index in [2.05, 4.69) is 19.2 Å². The molecule has 2 unspecified atom stereocenters. The first-order valence-electron chi connectivity index (χ1n) is 6.81. The number of nitrogens with one attached hydrogen (secondary N) is 1. The Bertz CT molecular complexity index is 142. The van der Waals surface area contributed by atoms with Crippen LogP contribution < -0.4 is 11.1 Å². The van der Waals surface area contributed by atoms with Crippen LogP contribution in [-0.4, -0.2) is 30.3 Å². The van der Waals surface area contributed by atoms with E-state index in [1.165, 1.54) is 32.1 Å². The van der Waals surface area contributed by atoms with Gasteiger partial charge in [-0.1, -0.05) is 32.6 Å². The summed E-state index contributed by atoms with van der Waals surface area (Å²) in [5.41, 5.74) is 5.75. The monoisotopic (exact) mass is 230 g/mol. The van der Waals surface area contributed by atoms with Crippen molar-refractivity contribution in [3.63, 3.8) is 0 Å². The molecular formula is C13H30N2O. The second-order valence-electron chi connectivity index (χ2n) is 4.72. The molecule has 98 valence electrons. The van der Waals surface area contributed by atoms with E-state index in [9.17, 15) is 0 Å². The van der Waals surface area contributed by atoms with Crippen molar-refractivity contribution in [2.45, 2.75) is 70.9 Å². The summed E-state index contributed by atoms with van der Waals surface area (Å²) in [6.07, 6.45) is 8.29. The zero-order chi connectivity index (χ0) is 12.2. The Morgan fingerprint density at radius 1 is 1.12 bits per heavy atom. The van der Waals surface area contributed by atoms with Gasteiger partial charge in [0.2, 0.25) is 0 Å². The van der Waals surface area contributed by atoms with Gasteiger partial charge < -0.3 is 16.2 Å². The van der Waals surface area contributed by atoms with Crippen LogP contribution in [0.25, 0.3) is 0 Å². The van der Waals surface area contributed by atoms with Crippen LogP contribution in [0, 0.1) is 0 Å². The molecule has 0 fully saturated rings. The highest BCUT2D eigenvalue weighted by Crippen LogP contribution is 2.06. The van der Waals surface area contributed by atoms with Crippen LogP contribution in [0.5, 0.6) is 0 Å². The average Bonchev–Trinajstić information content (AvgIpc) is 2.30. The fourth-order valence-electron chi connectivity index (χ4n) is 1.97. The maximum Gasteiger partial charge on any atom is 0.0431 e. The normalized spacial score (nSPS) is 15.0. The molecule has 0 aromatic carbocycles. The van der Waals surface area contributed by atoms with E-state index in [1.54, 1.807) is 0 Å². The van der Waals surface area contributed by atoms with Crippen LogP contribution in [0.1, 0.15) is 58.8 Å². The number of hydrogen-bond donors (Lipinski definition) is 3. The van der Waals surface area contributed by atoms with E-state index in [1.807, 2.05) is 0 Å². The molecule has 0 aliphatic rings. The summed E-state index contributed by atoms with van der Waals surface area (Å²) in [4.78, 5) is 0. The standard InChI is InChI=1S/C13H30N2O/c1-3-4-5-6-9-13(11-14)15-12(2)8-7-10-16/h12-13,15-16H,3-11,14H2,1-2H3. The van der Waals surface area contributed by atoms with Crippen molar-refractivity contribution in [3.8, 4) is 0 Å². The van der Waals surface area contributed by atoms with Crippen LogP contribution in [0.4, 0.5) is 0 Å². The number of aliphatic hydroxyl groups is 1. The lowest BCUT2D eigenvalue weighted by Gasteiger charge is -2.22. The van der Waals surface area contributed by atoms with E-state index in [-0.39, 0.29) is 6.61 Å². The van der Waals surface area contributed by atoms with Crippen molar-refractivity contribution < 1.29 is 5.11 Å². The summed E-state index contributed by atoms with van der Waals surface area (Å²) in [6.45, 7) is 5.41. The molecular weight excluding hydrogens is 200 g/mol. The van der Waals surface area contributed by atoms with E-state index >= 15 is 0 Å². The molecule has 0 aromatic heterocycles. The van der Waals surface area contributed by atoms with Crippen LogP contribution >= 0.6 is 0 Å². The second kappa shape index (κ2) is 11.4. The van der Waals surface area contributed by atoms with Gasteiger partial charge in [-0.2, -0.15) is 0 Å². The van der Waals surface area contributed by atoms with Gasteiger partial charge in [-0.15, -0.1) is 0 Å². The third kappa shape index (κ3) is 9.13. The third-order valence-corrected chi connectivity index (χ3v) is 3.01. The Balaban J connectivity index is 3.56. The van der Waals surface area contributed by atoms with Crippen molar-refractivity contribution >= 4 is 0 Å². The van der Waals surface area contributed by atoms with E-state index in [4.69, 9.17) is 10.8 Å². The molecule has 16 heavy (non-hydrogen) atoms. The highest BCUT2D eigenvalue weighted by Gasteiger charge is 2.09. The fourth-order valence-corrected chi connectivity index (χ4v) is 1.97. The summed E-state index contributed by atoms with van der Waals surface area (Å²) in [7, 11) is 0. The topological polar surface area (TPSA) is 58.3 Å². The summed E-state index contributed by atoms with van der Waals surface area (Å²) in [6, 6.07) is 0.914. The SMILES string of the molecule is CCCCCCC(CN)NC(C)CCCO.